The Morgan fingerprint density at radius 1 is 1.18 bits per heavy atom. The minimum atomic E-state index is -0.0960. The summed E-state index contributed by atoms with van der Waals surface area (Å²) < 4.78 is 11.7. The topological polar surface area (TPSA) is 35.5 Å². The first-order valence-electron chi connectivity index (χ1n) is 8.67. The van der Waals surface area contributed by atoms with Gasteiger partial charge >= 0.3 is 5.97 Å². The van der Waals surface area contributed by atoms with Crippen molar-refractivity contribution in [2.45, 2.75) is 70.8 Å². The standard InChI is InChI=1S/C19H28O3/c1-3-5-14-21-17-12-8-6-10-15(17)16-11-7-9-13-18(16)22-19(20)4-2/h6,8,10,12,16,18H,3-5,7,9,11,13-14H2,1-2H3/t16-,18+/m1/s1. The molecular weight excluding hydrogens is 276 g/mol. The zero-order valence-electron chi connectivity index (χ0n) is 13.8. The van der Waals surface area contributed by atoms with Gasteiger partial charge in [-0.1, -0.05) is 44.9 Å². The van der Waals surface area contributed by atoms with Crippen LogP contribution in [-0.2, 0) is 9.53 Å². The summed E-state index contributed by atoms with van der Waals surface area (Å²) in [7, 11) is 0. The van der Waals surface area contributed by atoms with Gasteiger partial charge in [-0.3, -0.25) is 4.79 Å². The van der Waals surface area contributed by atoms with Crippen molar-refractivity contribution < 1.29 is 14.3 Å². The van der Waals surface area contributed by atoms with Crippen LogP contribution in [0.2, 0.25) is 0 Å². The van der Waals surface area contributed by atoms with Crippen LogP contribution in [0.1, 0.15) is 70.3 Å². The summed E-state index contributed by atoms with van der Waals surface area (Å²) in [4.78, 5) is 11.7. The Kier molecular flexibility index (Phi) is 6.75. The Balaban J connectivity index is 2.14. The second kappa shape index (κ2) is 8.82. The number of esters is 1. The predicted molar refractivity (Wildman–Crippen MR) is 88.2 cm³/mol. The number of para-hydroxylation sites is 1. The molecule has 0 amide bonds. The molecule has 3 nitrogen and oxygen atoms in total. The van der Waals surface area contributed by atoms with Gasteiger partial charge in [0.25, 0.3) is 0 Å². The van der Waals surface area contributed by atoms with Crippen molar-refractivity contribution in [3.8, 4) is 5.75 Å². The molecule has 0 N–H and O–H groups in total. The van der Waals surface area contributed by atoms with Crippen molar-refractivity contribution in [2.24, 2.45) is 0 Å². The van der Waals surface area contributed by atoms with Crippen molar-refractivity contribution in [3.05, 3.63) is 29.8 Å². The Bertz CT molecular complexity index is 470. The molecule has 3 heteroatoms. The highest BCUT2D eigenvalue weighted by atomic mass is 16.5. The lowest BCUT2D eigenvalue weighted by Crippen LogP contribution is -2.28. The monoisotopic (exact) mass is 304 g/mol. The molecule has 2 rings (SSSR count). The molecule has 0 aliphatic heterocycles. The van der Waals surface area contributed by atoms with E-state index in [9.17, 15) is 4.79 Å². The highest BCUT2D eigenvalue weighted by Gasteiger charge is 2.31. The van der Waals surface area contributed by atoms with Crippen LogP contribution in [0, 0.1) is 0 Å². The molecule has 1 aliphatic rings. The highest BCUT2D eigenvalue weighted by Crippen LogP contribution is 2.39. The second-order valence-electron chi connectivity index (χ2n) is 6.01. The summed E-state index contributed by atoms with van der Waals surface area (Å²) >= 11 is 0. The van der Waals surface area contributed by atoms with Crippen LogP contribution in [-0.4, -0.2) is 18.7 Å². The fourth-order valence-electron chi connectivity index (χ4n) is 3.09. The van der Waals surface area contributed by atoms with E-state index in [1.54, 1.807) is 0 Å². The van der Waals surface area contributed by atoms with E-state index < -0.39 is 0 Å². The van der Waals surface area contributed by atoms with Gasteiger partial charge in [0.1, 0.15) is 11.9 Å². The normalized spacial score (nSPS) is 21.4. The van der Waals surface area contributed by atoms with E-state index in [2.05, 4.69) is 19.1 Å². The SMILES string of the molecule is CCCCOc1ccccc1[C@H]1CCCC[C@@H]1OC(=O)CC. The molecule has 0 heterocycles. The third-order valence-corrected chi connectivity index (χ3v) is 4.35. The van der Waals surface area contributed by atoms with Crippen LogP contribution in [0.4, 0.5) is 0 Å². The molecule has 22 heavy (non-hydrogen) atoms. The first-order chi connectivity index (χ1) is 10.8. The third kappa shape index (κ3) is 4.49. The van der Waals surface area contributed by atoms with Gasteiger partial charge in [-0.05, 0) is 31.7 Å². The molecule has 2 atom stereocenters. The molecular formula is C19H28O3. The van der Waals surface area contributed by atoms with Gasteiger partial charge in [0.05, 0.1) is 6.61 Å². The van der Waals surface area contributed by atoms with Crippen molar-refractivity contribution >= 4 is 5.97 Å². The molecule has 0 spiro atoms. The molecule has 0 aromatic heterocycles. The zero-order chi connectivity index (χ0) is 15.8. The Morgan fingerprint density at radius 3 is 2.73 bits per heavy atom. The Hall–Kier alpha value is -1.51. The number of benzene rings is 1. The average Bonchev–Trinajstić information content (AvgIpc) is 2.56. The quantitative estimate of drug-likeness (QED) is 0.534. The second-order valence-corrected chi connectivity index (χ2v) is 6.01. The number of ether oxygens (including phenoxy) is 2. The van der Waals surface area contributed by atoms with Crippen LogP contribution >= 0.6 is 0 Å². The molecule has 1 saturated carbocycles. The number of unbranched alkanes of at least 4 members (excludes halogenated alkanes) is 1. The van der Waals surface area contributed by atoms with Crippen LogP contribution in [0.25, 0.3) is 0 Å². The smallest absolute Gasteiger partial charge is 0.305 e. The predicted octanol–water partition coefficient (Wildman–Crippen LogP) is 4.84. The molecule has 1 aliphatic carbocycles. The van der Waals surface area contributed by atoms with E-state index >= 15 is 0 Å². The van der Waals surface area contributed by atoms with Gasteiger partial charge in [-0.15, -0.1) is 0 Å². The zero-order valence-corrected chi connectivity index (χ0v) is 13.8. The maximum atomic E-state index is 11.7. The van der Waals surface area contributed by atoms with Crippen molar-refractivity contribution in [3.63, 3.8) is 0 Å². The van der Waals surface area contributed by atoms with Gasteiger partial charge < -0.3 is 9.47 Å². The first kappa shape index (κ1) is 16.9. The maximum Gasteiger partial charge on any atom is 0.305 e. The number of carbonyl (C=O) groups excluding carboxylic acids is 1. The summed E-state index contributed by atoms with van der Waals surface area (Å²) in [6.45, 7) is 4.76. The third-order valence-electron chi connectivity index (χ3n) is 4.35. The van der Waals surface area contributed by atoms with E-state index in [0.717, 1.165) is 44.5 Å². The van der Waals surface area contributed by atoms with E-state index in [0.29, 0.717) is 6.42 Å². The summed E-state index contributed by atoms with van der Waals surface area (Å²) in [5.74, 6) is 1.13. The van der Waals surface area contributed by atoms with Crippen LogP contribution < -0.4 is 4.74 Å². The molecule has 0 bridgehead atoms. The lowest BCUT2D eigenvalue weighted by molar-refractivity contribution is -0.151. The average molecular weight is 304 g/mol. The lowest BCUT2D eigenvalue weighted by Gasteiger charge is -2.32. The number of hydrogen-bond acceptors (Lipinski definition) is 3. The van der Waals surface area contributed by atoms with Gasteiger partial charge in [-0.25, -0.2) is 0 Å². The molecule has 1 aromatic carbocycles. The van der Waals surface area contributed by atoms with Gasteiger partial charge in [0, 0.05) is 17.9 Å². The Labute approximate surface area is 134 Å². The number of carbonyl (C=O) groups is 1. The Morgan fingerprint density at radius 2 is 1.95 bits per heavy atom. The fraction of sp³-hybridized carbons (Fsp3) is 0.632. The van der Waals surface area contributed by atoms with E-state index in [1.165, 1.54) is 12.0 Å². The largest absolute Gasteiger partial charge is 0.493 e. The van der Waals surface area contributed by atoms with E-state index in [4.69, 9.17) is 9.47 Å². The highest BCUT2D eigenvalue weighted by molar-refractivity contribution is 5.69. The molecule has 0 saturated heterocycles. The van der Waals surface area contributed by atoms with Crippen molar-refractivity contribution in [2.75, 3.05) is 6.61 Å². The number of rotatable bonds is 7. The van der Waals surface area contributed by atoms with Crippen LogP contribution in [0.15, 0.2) is 24.3 Å². The van der Waals surface area contributed by atoms with E-state index in [-0.39, 0.29) is 18.0 Å². The van der Waals surface area contributed by atoms with Gasteiger partial charge in [-0.2, -0.15) is 0 Å². The summed E-state index contributed by atoms with van der Waals surface area (Å²) in [5.41, 5.74) is 1.20. The lowest BCUT2D eigenvalue weighted by atomic mass is 9.81. The van der Waals surface area contributed by atoms with Crippen molar-refractivity contribution in [1.29, 1.82) is 0 Å². The fourth-order valence-corrected chi connectivity index (χ4v) is 3.09. The number of hydrogen-bond donors (Lipinski definition) is 0. The molecule has 1 fully saturated rings. The summed E-state index contributed by atoms with van der Waals surface area (Å²) in [6.07, 6.45) is 6.98. The molecule has 0 unspecified atom stereocenters. The van der Waals surface area contributed by atoms with Gasteiger partial charge in [0.15, 0.2) is 0 Å². The van der Waals surface area contributed by atoms with Gasteiger partial charge in [0.2, 0.25) is 0 Å². The first-order valence-corrected chi connectivity index (χ1v) is 8.67. The van der Waals surface area contributed by atoms with Crippen LogP contribution in [0.3, 0.4) is 0 Å². The molecule has 0 radical (unpaired) electrons. The van der Waals surface area contributed by atoms with Crippen LogP contribution in [0.5, 0.6) is 5.75 Å². The molecule has 1 aromatic rings. The minimum absolute atomic E-state index is 0.00266. The minimum Gasteiger partial charge on any atom is -0.493 e. The molecule has 122 valence electrons. The summed E-state index contributed by atoms with van der Waals surface area (Å²) in [5, 5.41) is 0. The maximum absolute atomic E-state index is 11.7. The summed E-state index contributed by atoms with van der Waals surface area (Å²) in [6, 6.07) is 8.23. The van der Waals surface area contributed by atoms with E-state index in [1.807, 2.05) is 19.1 Å². The van der Waals surface area contributed by atoms with Crippen molar-refractivity contribution in [1.82, 2.24) is 0 Å².